The Kier molecular flexibility index (Phi) is 7.94. The number of hydrogen-bond donors (Lipinski definition) is 1. The number of rotatable bonds is 8. The molecular formula is C23H28N2O5. The van der Waals surface area contributed by atoms with Gasteiger partial charge in [0.05, 0.1) is 7.11 Å². The van der Waals surface area contributed by atoms with Gasteiger partial charge in [0.1, 0.15) is 0 Å². The summed E-state index contributed by atoms with van der Waals surface area (Å²) < 4.78 is 15.5. The van der Waals surface area contributed by atoms with Crippen molar-refractivity contribution in [3.8, 4) is 11.5 Å². The van der Waals surface area contributed by atoms with Gasteiger partial charge in [0, 0.05) is 24.5 Å². The number of esters is 1. The zero-order valence-electron chi connectivity index (χ0n) is 17.3. The molecule has 1 N–H and O–H groups in total. The van der Waals surface area contributed by atoms with E-state index in [0.29, 0.717) is 17.2 Å². The predicted octanol–water partition coefficient (Wildman–Crippen LogP) is 3.64. The summed E-state index contributed by atoms with van der Waals surface area (Å²) in [6, 6.07) is 14.7. The number of ether oxygens (including phenoxy) is 3. The minimum absolute atomic E-state index is 0.307. The Bertz CT molecular complexity index is 830. The zero-order chi connectivity index (χ0) is 21.2. The number of methoxy groups -OCH3 is 1. The highest BCUT2D eigenvalue weighted by atomic mass is 16.6. The van der Waals surface area contributed by atoms with Crippen LogP contribution in [0.2, 0.25) is 0 Å². The van der Waals surface area contributed by atoms with Crippen LogP contribution in [0.3, 0.4) is 0 Å². The van der Waals surface area contributed by atoms with E-state index in [2.05, 4.69) is 10.2 Å². The van der Waals surface area contributed by atoms with Crippen LogP contribution >= 0.6 is 0 Å². The van der Waals surface area contributed by atoms with Crippen molar-refractivity contribution in [2.24, 2.45) is 0 Å². The molecule has 30 heavy (non-hydrogen) atoms. The Morgan fingerprint density at radius 3 is 2.23 bits per heavy atom. The van der Waals surface area contributed by atoms with Gasteiger partial charge in [0.15, 0.2) is 24.7 Å². The van der Waals surface area contributed by atoms with Crippen LogP contribution in [0.5, 0.6) is 11.5 Å². The molecule has 1 amide bonds. The Labute approximate surface area is 176 Å². The Morgan fingerprint density at radius 1 is 0.900 bits per heavy atom. The van der Waals surface area contributed by atoms with Crippen molar-refractivity contribution in [2.75, 3.05) is 43.6 Å². The summed E-state index contributed by atoms with van der Waals surface area (Å²) in [5.41, 5.74) is 1.83. The summed E-state index contributed by atoms with van der Waals surface area (Å²) in [6.07, 6.45) is 5.00. The molecule has 0 aliphatic carbocycles. The first-order valence-corrected chi connectivity index (χ1v) is 10.2. The first kappa shape index (κ1) is 21.5. The summed E-state index contributed by atoms with van der Waals surface area (Å²) in [4.78, 5) is 26.3. The first-order chi connectivity index (χ1) is 14.7. The second-order valence-corrected chi connectivity index (χ2v) is 7.10. The van der Waals surface area contributed by atoms with E-state index < -0.39 is 11.9 Å². The van der Waals surface area contributed by atoms with Gasteiger partial charge in [-0.1, -0.05) is 25.0 Å². The number of benzene rings is 2. The maximum Gasteiger partial charge on any atom is 0.344 e. The van der Waals surface area contributed by atoms with Crippen LogP contribution in [0.4, 0.5) is 11.4 Å². The largest absolute Gasteiger partial charge is 0.493 e. The van der Waals surface area contributed by atoms with Crippen molar-refractivity contribution < 1.29 is 23.8 Å². The molecule has 0 saturated carbocycles. The molecule has 0 atom stereocenters. The van der Waals surface area contributed by atoms with Crippen LogP contribution in [-0.2, 0) is 14.3 Å². The lowest BCUT2D eigenvalue weighted by Crippen LogP contribution is -2.24. The minimum atomic E-state index is -0.632. The molecule has 0 unspecified atom stereocenters. The summed E-state index contributed by atoms with van der Waals surface area (Å²) in [6.45, 7) is 1.46. The van der Waals surface area contributed by atoms with Gasteiger partial charge in [0.25, 0.3) is 5.91 Å². The van der Waals surface area contributed by atoms with Crippen LogP contribution in [0.1, 0.15) is 25.7 Å². The molecule has 7 heteroatoms. The fourth-order valence-corrected chi connectivity index (χ4v) is 3.34. The Balaban J connectivity index is 1.41. The summed E-state index contributed by atoms with van der Waals surface area (Å²) in [7, 11) is 1.52. The lowest BCUT2D eigenvalue weighted by atomic mass is 10.2. The number of hydrogen-bond acceptors (Lipinski definition) is 6. The fraction of sp³-hybridized carbons (Fsp3) is 0.391. The van der Waals surface area contributed by atoms with E-state index >= 15 is 0 Å². The average molecular weight is 412 g/mol. The van der Waals surface area contributed by atoms with Gasteiger partial charge in [-0.05, 0) is 49.2 Å². The highest BCUT2D eigenvalue weighted by Gasteiger charge is 2.12. The third-order valence-electron chi connectivity index (χ3n) is 4.90. The number of nitrogens with one attached hydrogen (secondary N) is 1. The zero-order valence-corrected chi connectivity index (χ0v) is 17.3. The summed E-state index contributed by atoms with van der Waals surface area (Å²) in [5.74, 6) is -0.0757. The molecule has 0 aromatic heterocycles. The molecule has 1 heterocycles. The van der Waals surface area contributed by atoms with Crippen molar-refractivity contribution in [2.45, 2.75) is 25.7 Å². The highest BCUT2D eigenvalue weighted by molar-refractivity contribution is 5.93. The van der Waals surface area contributed by atoms with Crippen LogP contribution in [-0.4, -0.2) is 45.3 Å². The van der Waals surface area contributed by atoms with Crippen LogP contribution in [0.15, 0.2) is 48.5 Å². The van der Waals surface area contributed by atoms with Gasteiger partial charge >= 0.3 is 5.97 Å². The lowest BCUT2D eigenvalue weighted by molar-refractivity contribution is -0.149. The molecule has 7 nitrogen and oxygen atoms in total. The van der Waals surface area contributed by atoms with E-state index in [4.69, 9.17) is 14.2 Å². The maximum atomic E-state index is 12.1. The molecule has 1 aliphatic heterocycles. The Morgan fingerprint density at radius 2 is 1.57 bits per heavy atom. The minimum Gasteiger partial charge on any atom is -0.493 e. The molecule has 0 spiro atoms. The van der Waals surface area contributed by atoms with Gasteiger partial charge in [-0.3, -0.25) is 4.79 Å². The van der Waals surface area contributed by atoms with Gasteiger partial charge < -0.3 is 24.4 Å². The number of para-hydroxylation sites is 2. The number of nitrogens with zero attached hydrogens (tertiary/aromatic N) is 1. The topological polar surface area (TPSA) is 77.1 Å². The quantitative estimate of drug-likeness (QED) is 0.667. The van der Waals surface area contributed by atoms with E-state index in [0.717, 1.165) is 18.8 Å². The van der Waals surface area contributed by atoms with E-state index in [1.807, 2.05) is 24.3 Å². The molecule has 1 saturated heterocycles. The van der Waals surface area contributed by atoms with E-state index in [1.165, 1.54) is 32.8 Å². The molecule has 0 bridgehead atoms. The second kappa shape index (κ2) is 11.1. The van der Waals surface area contributed by atoms with E-state index in [1.54, 1.807) is 24.3 Å². The number of carbonyl (C=O) groups is 2. The van der Waals surface area contributed by atoms with Crippen LogP contribution in [0.25, 0.3) is 0 Å². The second-order valence-electron chi connectivity index (χ2n) is 7.10. The summed E-state index contributed by atoms with van der Waals surface area (Å²) in [5, 5.41) is 2.74. The number of anilines is 2. The molecule has 160 valence electrons. The highest BCUT2D eigenvalue weighted by Crippen LogP contribution is 2.25. The first-order valence-electron chi connectivity index (χ1n) is 10.2. The normalized spacial score (nSPS) is 13.8. The van der Waals surface area contributed by atoms with Gasteiger partial charge in [-0.25, -0.2) is 4.79 Å². The van der Waals surface area contributed by atoms with Crippen molar-refractivity contribution in [3.05, 3.63) is 48.5 Å². The number of carbonyl (C=O) groups excluding carboxylic acids is 2. The van der Waals surface area contributed by atoms with Crippen molar-refractivity contribution in [1.82, 2.24) is 0 Å². The van der Waals surface area contributed by atoms with Crippen LogP contribution in [0, 0.1) is 0 Å². The van der Waals surface area contributed by atoms with Gasteiger partial charge in [-0.15, -0.1) is 0 Å². The average Bonchev–Trinajstić information content (AvgIpc) is 3.06. The summed E-state index contributed by atoms with van der Waals surface area (Å²) >= 11 is 0. The third-order valence-corrected chi connectivity index (χ3v) is 4.90. The van der Waals surface area contributed by atoms with Gasteiger partial charge in [0.2, 0.25) is 0 Å². The monoisotopic (exact) mass is 412 g/mol. The standard InChI is InChI=1S/C23H28N2O5/c1-28-20-8-4-5-9-21(20)29-17-23(27)30-16-22(26)24-18-10-12-19(13-11-18)25-14-6-2-3-7-15-25/h4-5,8-13H,2-3,6-7,14-17H2,1H3,(H,24,26). The van der Waals surface area contributed by atoms with Crippen molar-refractivity contribution >= 4 is 23.3 Å². The molecule has 1 fully saturated rings. The molecule has 3 rings (SSSR count). The van der Waals surface area contributed by atoms with Gasteiger partial charge in [-0.2, -0.15) is 0 Å². The SMILES string of the molecule is COc1ccccc1OCC(=O)OCC(=O)Nc1ccc(N2CCCCCC2)cc1. The van der Waals surface area contributed by atoms with Crippen LogP contribution < -0.4 is 19.7 Å². The molecular weight excluding hydrogens is 384 g/mol. The Hall–Kier alpha value is -3.22. The molecule has 1 aliphatic rings. The smallest absolute Gasteiger partial charge is 0.344 e. The maximum absolute atomic E-state index is 12.1. The number of amides is 1. The van der Waals surface area contributed by atoms with E-state index in [9.17, 15) is 9.59 Å². The molecule has 0 radical (unpaired) electrons. The van der Waals surface area contributed by atoms with Crippen molar-refractivity contribution in [3.63, 3.8) is 0 Å². The molecule has 2 aromatic rings. The predicted molar refractivity (Wildman–Crippen MR) is 115 cm³/mol. The van der Waals surface area contributed by atoms with Crippen molar-refractivity contribution in [1.29, 1.82) is 0 Å². The fourth-order valence-electron chi connectivity index (χ4n) is 3.34. The molecule has 2 aromatic carbocycles. The lowest BCUT2D eigenvalue weighted by Gasteiger charge is -2.22. The third kappa shape index (κ3) is 6.40. The van der Waals surface area contributed by atoms with E-state index in [-0.39, 0.29) is 13.2 Å².